The number of aryl methyl sites for hydroxylation is 2. The number of carbonyl (C=O) groups excluding carboxylic acids is 1. The minimum absolute atomic E-state index is 0.00180. The van der Waals surface area contributed by atoms with E-state index in [4.69, 9.17) is 19.8 Å². The zero-order valence-corrected chi connectivity index (χ0v) is 21.5. The van der Waals surface area contributed by atoms with Gasteiger partial charge in [-0.1, -0.05) is 59.7 Å². The summed E-state index contributed by atoms with van der Waals surface area (Å²) in [6.07, 6.45) is 0.643. The fourth-order valence-corrected chi connectivity index (χ4v) is 4.01. The van der Waals surface area contributed by atoms with Crippen molar-refractivity contribution < 1.29 is 39.4 Å². The van der Waals surface area contributed by atoms with Gasteiger partial charge in [0.2, 0.25) is 0 Å². The highest BCUT2D eigenvalue weighted by Crippen LogP contribution is 2.21. The van der Waals surface area contributed by atoms with Crippen LogP contribution >= 0.6 is 0 Å². The summed E-state index contributed by atoms with van der Waals surface area (Å²) in [5.41, 5.74) is 5.41. The molecule has 0 radical (unpaired) electrons. The quantitative estimate of drug-likeness (QED) is 0.101. The summed E-state index contributed by atoms with van der Waals surface area (Å²) in [5.74, 6) is -1.04. The first-order valence-electron chi connectivity index (χ1n) is 12.2. The average molecular weight is 529 g/mol. The van der Waals surface area contributed by atoms with Crippen molar-refractivity contribution in [2.24, 2.45) is 0 Å². The van der Waals surface area contributed by atoms with Crippen LogP contribution in [0.2, 0.25) is 0 Å². The SMILES string of the molecule is Cc1ccc(COOc2ccc(Cc3ccc(OC(=O)c4ccc(C)cc4C(=O)O)cc3)cc2)c(COO)c1. The summed E-state index contributed by atoms with van der Waals surface area (Å²) in [7, 11) is 0. The molecule has 0 saturated carbocycles. The van der Waals surface area contributed by atoms with E-state index in [2.05, 4.69) is 4.89 Å². The molecule has 0 unspecified atom stereocenters. The Bertz CT molecular complexity index is 1440. The monoisotopic (exact) mass is 528 g/mol. The molecule has 0 bridgehead atoms. The minimum Gasteiger partial charge on any atom is -0.478 e. The fourth-order valence-electron chi connectivity index (χ4n) is 4.01. The van der Waals surface area contributed by atoms with Crippen LogP contribution in [0.1, 0.15) is 54.1 Å². The highest BCUT2D eigenvalue weighted by Gasteiger charge is 2.18. The van der Waals surface area contributed by atoms with Crippen LogP contribution in [-0.4, -0.2) is 22.3 Å². The molecular weight excluding hydrogens is 500 g/mol. The first-order chi connectivity index (χ1) is 18.8. The molecule has 200 valence electrons. The van der Waals surface area contributed by atoms with Crippen molar-refractivity contribution in [1.29, 1.82) is 0 Å². The Hall–Kier alpha value is -4.50. The Kier molecular flexibility index (Phi) is 9.06. The van der Waals surface area contributed by atoms with Crippen molar-refractivity contribution in [2.75, 3.05) is 0 Å². The number of carbonyl (C=O) groups is 2. The molecule has 0 fully saturated rings. The number of carboxylic acid groups (broad SMARTS) is 1. The number of ether oxygens (including phenoxy) is 1. The van der Waals surface area contributed by atoms with Gasteiger partial charge in [-0.3, -0.25) is 5.26 Å². The normalized spacial score (nSPS) is 10.7. The minimum atomic E-state index is -1.18. The molecule has 4 rings (SSSR count). The summed E-state index contributed by atoms with van der Waals surface area (Å²) >= 11 is 0. The molecule has 0 spiro atoms. The van der Waals surface area contributed by atoms with Crippen molar-refractivity contribution in [1.82, 2.24) is 0 Å². The molecule has 0 amide bonds. The number of carboxylic acids is 1. The number of benzene rings is 4. The second kappa shape index (κ2) is 12.8. The van der Waals surface area contributed by atoms with Crippen LogP contribution < -0.4 is 9.62 Å². The Morgan fingerprint density at radius 2 is 1.31 bits per heavy atom. The summed E-state index contributed by atoms with van der Waals surface area (Å²) in [4.78, 5) is 39.1. The highest BCUT2D eigenvalue weighted by atomic mass is 17.2. The summed E-state index contributed by atoms with van der Waals surface area (Å²) < 4.78 is 5.40. The van der Waals surface area contributed by atoms with E-state index < -0.39 is 11.9 Å². The van der Waals surface area contributed by atoms with Gasteiger partial charge >= 0.3 is 11.9 Å². The Morgan fingerprint density at radius 1 is 0.692 bits per heavy atom. The van der Waals surface area contributed by atoms with E-state index in [0.717, 1.165) is 33.4 Å². The molecular formula is C31H28O8. The summed E-state index contributed by atoms with van der Waals surface area (Å²) in [6.45, 7) is 3.97. The molecule has 0 aromatic heterocycles. The molecule has 0 aliphatic rings. The van der Waals surface area contributed by atoms with Crippen molar-refractivity contribution in [3.8, 4) is 11.5 Å². The van der Waals surface area contributed by atoms with Crippen molar-refractivity contribution in [3.63, 3.8) is 0 Å². The average Bonchev–Trinajstić information content (AvgIpc) is 2.92. The lowest BCUT2D eigenvalue weighted by atomic mass is 10.0. The zero-order valence-electron chi connectivity index (χ0n) is 21.5. The summed E-state index contributed by atoms with van der Waals surface area (Å²) in [6, 6.07) is 24.8. The maximum atomic E-state index is 12.6. The van der Waals surface area contributed by atoms with Crippen LogP contribution in [0.25, 0.3) is 0 Å². The Labute approximate surface area is 225 Å². The number of rotatable bonds is 11. The van der Waals surface area contributed by atoms with Crippen LogP contribution in [0, 0.1) is 13.8 Å². The van der Waals surface area contributed by atoms with Crippen LogP contribution in [0.5, 0.6) is 11.5 Å². The van der Waals surface area contributed by atoms with Crippen molar-refractivity contribution in [3.05, 3.63) is 129 Å². The lowest BCUT2D eigenvalue weighted by Crippen LogP contribution is -2.14. The second-order valence-corrected chi connectivity index (χ2v) is 9.10. The van der Waals surface area contributed by atoms with Gasteiger partial charge in [-0.15, -0.1) is 0 Å². The van der Waals surface area contributed by atoms with Gasteiger partial charge in [-0.05, 0) is 78.9 Å². The van der Waals surface area contributed by atoms with E-state index in [-0.39, 0.29) is 24.3 Å². The van der Waals surface area contributed by atoms with Crippen LogP contribution in [0.15, 0.2) is 84.9 Å². The Balaban J connectivity index is 1.30. The van der Waals surface area contributed by atoms with Gasteiger partial charge in [-0.25, -0.2) is 14.5 Å². The highest BCUT2D eigenvalue weighted by molar-refractivity contribution is 6.03. The van der Waals surface area contributed by atoms with E-state index in [1.54, 1.807) is 37.3 Å². The third kappa shape index (κ3) is 7.52. The van der Waals surface area contributed by atoms with Crippen LogP contribution in [0.4, 0.5) is 0 Å². The van der Waals surface area contributed by atoms with Crippen molar-refractivity contribution >= 4 is 11.9 Å². The lowest BCUT2D eigenvalue weighted by molar-refractivity contribution is -0.253. The Morgan fingerprint density at radius 3 is 1.95 bits per heavy atom. The largest absolute Gasteiger partial charge is 0.478 e. The molecule has 4 aromatic carbocycles. The topological polar surface area (TPSA) is 112 Å². The molecule has 0 aliphatic heterocycles. The first kappa shape index (κ1) is 27.5. The third-order valence-corrected chi connectivity index (χ3v) is 6.04. The first-order valence-corrected chi connectivity index (χ1v) is 12.2. The van der Waals surface area contributed by atoms with Gasteiger partial charge in [0.25, 0.3) is 0 Å². The van der Waals surface area contributed by atoms with Gasteiger partial charge in [0.1, 0.15) is 19.0 Å². The van der Waals surface area contributed by atoms with E-state index in [9.17, 15) is 14.7 Å². The molecule has 0 heterocycles. The maximum absolute atomic E-state index is 12.6. The van der Waals surface area contributed by atoms with E-state index >= 15 is 0 Å². The summed E-state index contributed by atoms with van der Waals surface area (Å²) in [5, 5.41) is 18.2. The van der Waals surface area contributed by atoms with Gasteiger partial charge in [0.05, 0.1) is 11.1 Å². The van der Waals surface area contributed by atoms with Gasteiger partial charge < -0.3 is 14.7 Å². The van der Waals surface area contributed by atoms with Gasteiger partial charge in [0, 0.05) is 0 Å². The number of esters is 1. The van der Waals surface area contributed by atoms with Gasteiger partial charge in [-0.2, -0.15) is 4.89 Å². The van der Waals surface area contributed by atoms with Gasteiger partial charge in [0.15, 0.2) is 5.75 Å². The molecule has 0 atom stereocenters. The molecule has 8 heteroatoms. The lowest BCUT2D eigenvalue weighted by Gasteiger charge is -2.10. The van der Waals surface area contributed by atoms with E-state index in [1.165, 1.54) is 12.1 Å². The van der Waals surface area contributed by atoms with Crippen LogP contribution in [0.3, 0.4) is 0 Å². The molecule has 39 heavy (non-hydrogen) atoms. The number of aromatic carboxylic acids is 1. The molecule has 0 saturated heterocycles. The molecule has 8 nitrogen and oxygen atoms in total. The number of hydrogen-bond donors (Lipinski definition) is 2. The smallest absolute Gasteiger partial charge is 0.344 e. The van der Waals surface area contributed by atoms with Crippen LogP contribution in [-0.2, 0) is 29.4 Å². The van der Waals surface area contributed by atoms with E-state index in [1.807, 2.05) is 49.4 Å². The number of hydrogen-bond acceptors (Lipinski definition) is 7. The predicted molar refractivity (Wildman–Crippen MR) is 143 cm³/mol. The maximum Gasteiger partial charge on any atom is 0.344 e. The molecule has 4 aromatic rings. The fraction of sp³-hybridized carbons (Fsp3) is 0.161. The second-order valence-electron chi connectivity index (χ2n) is 9.10. The predicted octanol–water partition coefficient (Wildman–Crippen LogP) is 6.31. The molecule has 2 N–H and O–H groups in total. The standard InChI is InChI=1S/C31H28O8/c1-20-3-9-24(25(15-20)18-36-35)19-37-39-27-12-7-23(8-13-27)17-22-5-10-26(11-6-22)38-31(34)28-14-4-21(2)16-29(28)30(32)33/h3-16,35H,17-19H2,1-2H3,(H,32,33). The third-order valence-electron chi connectivity index (χ3n) is 6.04. The molecule has 0 aliphatic carbocycles. The zero-order chi connectivity index (χ0) is 27.8. The van der Waals surface area contributed by atoms with Crippen molar-refractivity contribution in [2.45, 2.75) is 33.5 Å². The van der Waals surface area contributed by atoms with E-state index in [0.29, 0.717) is 17.9 Å².